The lowest BCUT2D eigenvalue weighted by Crippen LogP contribution is -2.42. The van der Waals surface area contributed by atoms with Crippen molar-refractivity contribution < 1.29 is 42.0 Å². The van der Waals surface area contributed by atoms with E-state index in [1.807, 2.05) is 0 Å². The molecule has 0 radical (unpaired) electrons. The van der Waals surface area contributed by atoms with E-state index in [2.05, 4.69) is 0 Å². The van der Waals surface area contributed by atoms with Crippen molar-refractivity contribution in [3.63, 3.8) is 0 Å². The zero-order chi connectivity index (χ0) is 26.4. The second kappa shape index (κ2) is 11.1. The Kier molecular flexibility index (Phi) is 8.72. The predicted molar refractivity (Wildman–Crippen MR) is 118 cm³/mol. The second-order valence-electron chi connectivity index (χ2n) is 7.75. The van der Waals surface area contributed by atoms with Crippen LogP contribution in [-0.4, -0.2) is 35.9 Å². The fourth-order valence-corrected chi connectivity index (χ4v) is 3.66. The minimum absolute atomic E-state index is 0.130. The monoisotopic (exact) mass is 495 g/mol. The maximum absolute atomic E-state index is 13.7. The van der Waals surface area contributed by atoms with E-state index in [1.165, 1.54) is 38.1 Å². The summed E-state index contributed by atoms with van der Waals surface area (Å²) >= 11 is 0. The molecule has 2 aromatic carbocycles. The number of nitrogens with zero attached hydrogens (tertiary/aromatic N) is 1. The average Bonchev–Trinajstić information content (AvgIpc) is 2.81. The predicted octanol–water partition coefficient (Wildman–Crippen LogP) is 5.10. The van der Waals surface area contributed by atoms with Crippen molar-refractivity contribution in [2.45, 2.75) is 39.3 Å². The first kappa shape index (κ1) is 27.5. The third-order valence-corrected chi connectivity index (χ3v) is 5.39. The van der Waals surface area contributed by atoms with Gasteiger partial charge in [-0.2, -0.15) is 13.2 Å². The zero-order valence-electron chi connectivity index (χ0n) is 19.3. The number of carbonyl (C=O) groups is 3. The van der Waals surface area contributed by atoms with Gasteiger partial charge in [-0.15, -0.1) is 0 Å². The quantitative estimate of drug-likeness (QED) is 0.148. The fraction of sp³-hybridized carbons (Fsp3) is 0.375. The molecule has 0 aromatic heterocycles. The number of halogens is 3. The molecule has 0 aliphatic heterocycles. The van der Waals surface area contributed by atoms with Gasteiger partial charge in [0.05, 0.1) is 29.6 Å². The van der Waals surface area contributed by atoms with Crippen LogP contribution in [0.15, 0.2) is 48.5 Å². The van der Waals surface area contributed by atoms with Crippen molar-refractivity contribution in [2.24, 2.45) is 5.41 Å². The summed E-state index contributed by atoms with van der Waals surface area (Å²) in [6, 6.07) is 8.94. The highest BCUT2D eigenvalue weighted by Gasteiger charge is 2.49. The fourth-order valence-electron chi connectivity index (χ4n) is 3.66. The first-order valence-corrected chi connectivity index (χ1v) is 10.7. The highest BCUT2D eigenvalue weighted by molar-refractivity contribution is 6.05. The first-order chi connectivity index (χ1) is 16.4. The first-order valence-electron chi connectivity index (χ1n) is 10.7. The van der Waals surface area contributed by atoms with Gasteiger partial charge in [-0.05, 0) is 33.3 Å². The van der Waals surface area contributed by atoms with Gasteiger partial charge in [0.1, 0.15) is 0 Å². The van der Waals surface area contributed by atoms with E-state index in [0.29, 0.717) is 6.07 Å². The van der Waals surface area contributed by atoms with Crippen LogP contribution in [0, 0.1) is 15.5 Å². The number of Topliss-reactive ketones (excluding diaryl/α,β-unsaturated/α-hetero) is 1. The Labute approximate surface area is 199 Å². The third kappa shape index (κ3) is 6.03. The number of alkyl halides is 3. The van der Waals surface area contributed by atoms with Gasteiger partial charge in [-0.1, -0.05) is 36.4 Å². The van der Waals surface area contributed by atoms with Gasteiger partial charge in [0.15, 0.2) is 11.2 Å². The maximum atomic E-state index is 13.7. The minimum atomic E-state index is -4.90. The van der Waals surface area contributed by atoms with Gasteiger partial charge in [0.2, 0.25) is 0 Å². The number of para-hydroxylation sites is 1. The number of nitro benzene ring substituents is 1. The Balaban J connectivity index is 2.77. The van der Waals surface area contributed by atoms with Gasteiger partial charge in [-0.25, -0.2) is 0 Å². The van der Waals surface area contributed by atoms with Gasteiger partial charge < -0.3 is 9.47 Å². The summed E-state index contributed by atoms with van der Waals surface area (Å²) in [7, 11) is 0. The van der Waals surface area contributed by atoms with Crippen LogP contribution in [0.4, 0.5) is 18.9 Å². The molecule has 188 valence electrons. The molecule has 2 rings (SSSR count). The van der Waals surface area contributed by atoms with Gasteiger partial charge in [0.25, 0.3) is 5.69 Å². The molecular formula is C24H24F3NO7. The molecule has 0 fully saturated rings. The molecule has 2 aromatic rings. The van der Waals surface area contributed by atoms with Crippen molar-refractivity contribution in [3.05, 3.63) is 75.3 Å². The van der Waals surface area contributed by atoms with Crippen LogP contribution in [-0.2, 0) is 25.2 Å². The van der Waals surface area contributed by atoms with E-state index in [9.17, 15) is 37.7 Å². The summed E-state index contributed by atoms with van der Waals surface area (Å²) < 4.78 is 51.0. The van der Waals surface area contributed by atoms with E-state index in [1.54, 1.807) is 0 Å². The van der Waals surface area contributed by atoms with E-state index in [4.69, 9.17) is 9.47 Å². The zero-order valence-corrected chi connectivity index (χ0v) is 19.3. The smallest absolute Gasteiger partial charge is 0.417 e. The van der Waals surface area contributed by atoms with Gasteiger partial charge in [0, 0.05) is 17.2 Å². The number of rotatable bonds is 10. The molecule has 11 heteroatoms. The Bertz CT molecular complexity index is 1100. The van der Waals surface area contributed by atoms with Gasteiger partial charge >= 0.3 is 18.1 Å². The van der Waals surface area contributed by atoms with E-state index in [0.717, 1.165) is 25.1 Å². The van der Waals surface area contributed by atoms with Crippen LogP contribution in [0.1, 0.15) is 54.6 Å². The molecule has 0 aliphatic rings. The number of ketones is 1. The Hall–Kier alpha value is -3.76. The molecule has 8 nitrogen and oxygen atoms in total. The Morgan fingerprint density at radius 2 is 1.46 bits per heavy atom. The molecule has 0 N–H and O–H groups in total. The molecule has 0 aliphatic carbocycles. The van der Waals surface area contributed by atoms with Crippen molar-refractivity contribution in [1.29, 1.82) is 0 Å². The molecule has 0 saturated carbocycles. The van der Waals surface area contributed by atoms with Crippen LogP contribution in [0.5, 0.6) is 0 Å². The number of carbonyl (C=O) groups excluding carboxylic acids is 3. The molecule has 0 amide bonds. The molecule has 1 unspecified atom stereocenters. The molecule has 0 saturated heterocycles. The number of nitro groups is 1. The number of hydrogen-bond donors (Lipinski definition) is 0. The lowest BCUT2D eigenvalue weighted by atomic mass is 9.74. The maximum Gasteiger partial charge on any atom is 0.417 e. The summed E-state index contributed by atoms with van der Waals surface area (Å²) in [6.07, 6.45) is -5.62. The number of benzene rings is 2. The van der Waals surface area contributed by atoms with E-state index >= 15 is 0 Å². The minimum Gasteiger partial charge on any atom is -0.465 e. The van der Waals surface area contributed by atoms with Crippen LogP contribution in [0.2, 0.25) is 0 Å². The van der Waals surface area contributed by atoms with Crippen LogP contribution in [0.3, 0.4) is 0 Å². The molecule has 0 spiro atoms. The van der Waals surface area contributed by atoms with Gasteiger partial charge in [-0.3, -0.25) is 24.5 Å². The Morgan fingerprint density at radius 1 is 0.943 bits per heavy atom. The van der Waals surface area contributed by atoms with Crippen molar-refractivity contribution in [2.75, 3.05) is 13.2 Å². The van der Waals surface area contributed by atoms with Crippen LogP contribution in [0.25, 0.3) is 0 Å². The number of esters is 2. The van der Waals surface area contributed by atoms with E-state index < -0.39 is 63.4 Å². The Morgan fingerprint density at radius 3 is 1.97 bits per heavy atom. The highest BCUT2D eigenvalue weighted by atomic mass is 19.4. The van der Waals surface area contributed by atoms with Crippen molar-refractivity contribution in [1.82, 2.24) is 0 Å². The number of hydrogen-bond acceptors (Lipinski definition) is 7. The van der Waals surface area contributed by atoms with Crippen LogP contribution >= 0.6 is 0 Å². The van der Waals surface area contributed by atoms with E-state index in [-0.39, 0.29) is 18.8 Å². The SMILES string of the molecule is CCOC(=O)C(C)(CC(C(=O)c1ccccc1C(F)(F)F)c1ccccc1[N+](=O)[O-])C(=O)OCC. The largest absolute Gasteiger partial charge is 0.465 e. The van der Waals surface area contributed by atoms with Crippen molar-refractivity contribution in [3.8, 4) is 0 Å². The average molecular weight is 495 g/mol. The topological polar surface area (TPSA) is 113 Å². The summed E-state index contributed by atoms with van der Waals surface area (Å²) in [6.45, 7) is 3.83. The third-order valence-electron chi connectivity index (χ3n) is 5.39. The lowest BCUT2D eigenvalue weighted by Gasteiger charge is -2.29. The lowest BCUT2D eigenvalue weighted by molar-refractivity contribution is -0.385. The molecule has 0 bridgehead atoms. The molecule has 1 atom stereocenters. The highest BCUT2D eigenvalue weighted by Crippen LogP contribution is 2.42. The molecular weight excluding hydrogens is 471 g/mol. The van der Waals surface area contributed by atoms with Crippen molar-refractivity contribution >= 4 is 23.4 Å². The summed E-state index contributed by atoms with van der Waals surface area (Å²) in [5.41, 5.74) is -4.94. The molecule has 0 heterocycles. The second-order valence-corrected chi connectivity index (χ2v) is 7.75. The summed E-state index contributed by atoms with van der Waals surface area (Å²) in [4.78, 5) is 50.1. The van der Waals surface area contributed by atoms with Crippen LogP contribution < -0.4 is 0 Å². The standard InChI is InChI=1S/C24H24F3NO7/c1-4-34-21(30)23(3,22(31)35-5-2)14-17(15-10-7-9-13-19(15)28(32)33)20(29)16-11-6-8-12-18(16)24(25,26)27/h6-13,17H,4-5,14H2,1-3H3. The normalized spacial score (nSPS) is 12.5. The number of ether oxygens (including phenoxy) is 2. The molecule has 35 heavy (non-hydrogen) atoms. The summed E-state index contributed by atoms with van der Waals surface area (Å²) in [5, 5.41) is 11.7. The summed E-state index contributed by atoms with van der Waals surface area (Å²) in [5.74, 6) is -4.97.